The Morgan fingerprint density at radius 3 is 2.44 bits per heavy atom. The van der Waals surface area contributed by atoms with Gasteiger partial charge in [0.25, 0.3) is 0 Å². The van der Waals surface area contributed by atoms with E-state index >= 15 is 0 Å². The average Bonchev–Trinajstić information content (AvgIpc) is 2.33. The number of aliphatic imine (C=N–C) groups is 1. The van der Waals surface area contributed by atoms with Gasteiger partial charge in [0.2, 0.25) is 0 Å². The monoisotopic (exact) mass is 219 g/mol. The first-order valence-corrected chi connectivity index (χ1v) is 5.66. The van der Waals surface area contributed by atoms with Crippen molar-refractivity contribution in [3.8, 4) is 6.07 Å². The van der Waals surface area contributed by atoms with Crippen LogP contribution in [0.25, 0.3) is 0 Å². The third-order valence-electron chi connectivity index (χ3n) is 2.59. The van der Waals surface area contributed by atoms with Crippen LogP contribution in [0, 0.1) is 17.2 Å². The molecule has 1 unspecified atom stereocenters. The molecule has 0 saturated heterocycles. The Balaban J connectivity index is 4.41. The van der Waals surface area contributed by atoms with Crippen LogP contribution < -0.4 is 0 Å². The highest BCUT2D eigenvalue weighted by Crippen LogP contribution is 2.08. The number of hydrogen-bond donors (Lipinski definition) is 0. The summed E-state index contributed by atoms with van der Waals surface area (Å²) in [6.07, 6.45) is 3.88. The van der Waals surface area contributed by atoms with E-state index in [0.29, 0.717) is 5.71 Å². The van der Waals surface area contributed by atoms with E-state index in [4.69, 9.17) is 5.26 Å². The van der Waals surface area contributed by atoms with Crippen LogP contribution in [-0.2, 0) is 0 Å². The van der Waals surface area contributed by atoms with Crippen molar-refractivity contribution < 1.29 is 0 Å². The molecule has 1 atom stereocenters. The van der Waals surface area contributed by atoms with Crippen molar-refractivity contribution >= 4 is 5.71 Å². The minimum atomic E-state index is -0.184. The first-order chi connectivity index (χ1) is 7.73. The number of hydrogen-bond acceptors (Lipinski definition) is 3. The number of allylic oxidation sites excluding steroid dienone is 1. The lowest BCUT2D eigenvalue weighted by molar-refractivity contribution is 0.295. The van der Waals surface area contributed by atoms with Crippen molar-refractivity contribution in [2.24, 2.45) is 10.9 Å². The van der Waals surface area contributed by atoms with E-state index < -0.39 is 0 Å². The Hall–Kier alpha value is -1.40. The van der Waals surface area contributed by atoms with E-state index in [1.807, 2.05) is 0 Å². The Bertz CT molecular complexity index is 282. The Morgan fingerprint density at radius 2 is 2.06 bits per heavy atom. The molecule has 0 aromatic rings. The van der Waals surface area contributed by atoms with Crippen molar-refractivity contribution in [2.45, 2.75) is 20.3 Å². The molecule has 3 nitrogen and oxygen atoms in total. The maximum absolute atomic E-state index is 9.08. The third kappa shape index (κ3) is 4.90. The summed E-state index contributed by atoms with van der Waals surface area (Å²) in [4.78, 5) is 6.36. The topological polar surface area (TPSA) is 39.4 Å². The molecule has 88 valence electrons. The summed E-state index contributed by atoms with van der Waals surface area (Å²) >= 11 is 0. The molecule has 0 radical (unpaired) electrons. The number of nitrogens with zero attached hydrogens (tertiary/aromatic N) is 3. The fraction of sp³-hybridized carbons (Fsp3) is 0.538. The number of rotatable bonds is 8. The SMILES string of the molecule is C=CN=C(C=C)C(C#N)CCN(CC)CC. The van der Waals surface area contributed by atoms with Crippen LogP contribution >= 0.6 is 0 Å². The molecule has 0 rings (SSSR count). The maximum Gasteiger partial charge on any atom is 0.0896 e. The van der Waals surface area contributed by atoms with Gasteiger partial charge in [-0.05, 0) is 32.1 Å². The summed E-state index contributed by atoms with van der Waals surface area (Å²) in [6.45, 7) is 14.4. The van der Waals surface area contributed by atoms with Crippen LogP contribution in [0.4, 0.5) is 0 Å². The van der Waals surface area contributed by atoms with Crippen LogP contribution in [-0.4, -0.2) is 30.2 Å². The first-order valence-electron chi connectivity index (χ1n) is 5.66. The molecular formula is C13H21N3. The fourth-order valence-electron chi connectivity index (χ4n) is 1.52. The highest BCUT2D eigenvalue weighted by Gasteiger charge is 2.13. The van der Waals surface area contributed by atoms with Gasteiger partial charge in [0.1, 0.15) is 0 Å². The Kier molecular flexibility index (Phi) is 8.10. The predicted molar refractivity (Wildman–Crippen MR) is 69.3 cm³/mol. The quantitative estimate of drug-likeness (QED) is 0.589. The van der Waals surface area contributed by atoms with E-state index in [0.717, 1.165) is 26.1 Å². The van der Waals surface area contributed by atoms with Gasteiger partial charge in [-0.3, -0.25) is 4.99 Å². The van der Waals surface area contributed by atoms with Gasteiger partial charge in [0.15, 0.2) is 0 Å². The molecule has 0 saturated carbocycles. The van der Waals surface area contributed by atoms with Gasteiger partial charge < -0.3 is 4.90 Å². The van der Waals surface area contributed by atoms with Gasteiger partial charge in [-0.25, -0.2) is 0 Å². The van der Waals surface area contributed by atoms with Crippen LogP contribution in [0.1, 0.15) is 20.3 Å². The van der Waals surface area contributed by atoms with Gasteiger partial charge in [-0.1, -0.05) is 27.0 Å². The highest BCUT2D eigenvalue weighted by molar-refractivity contribution is 5.98. The van der Waals surface area contributed by atoms with E-state index in [9.17, 15) is 0 Å². The molecule has 0 aromatic carbocycles. The van der Waals surface area contributed by atoms with Gasteiger partial charge in [0, 0.05) is 6.20 Å². The van der Waals surface area contributed by atoms with E-state index in [1.165, 1.54) is 6.20 Å². The second kappa shape index (κ2) is 8.87. The molecule has 0 heterocycles. The van der Waals surface area contributed by atoms with Crippen LogP contribution in [0.3, 0.4) is 0 Å². The molecular weight excluding hydrogens is 198 g/mol. The summed E-state index contributed by atoms with van der Waals surface area (Å²) in [5.74, 6) is -0.184. The second-order valence-corrected chi connectivity index (χ2v) is 3.44. The molecule has 0 aliphatic carbocycles. The van der Waals surface area contributed by atoms with Crippen molar-refractivity contribution in [3.05, 3.63) is 25.4 Å². The van der Waals surface area contributed by atoms with Crippen LogP contribution in [0.2, 0.25) is 0 Å². The predicted octanol–water partition coefficient (Wildman–Crippen LogP) is 2.63. The van der Waals surface area contributed by atoms with Gasteiger partial charge >= 0.3 is 0 Å². The normalized spacial score (nSPS) is 13.2. The fourth-order valence-corrected chi connectivity index (χ4v) is 1.52. The van der Waals surface area contributed by atoms with E-state index in [1.54, 1.807) is 6.08 Å². The molecule has 0 bridgehead atoms. The largest absolute Gasteiger partial charge is 0.304 e. The standard InChI is InChI=1S/C13H21N3/c1-5-13(15-6-2)12(11-14)9-10-16(7-3)8-4/h5-6,12H,1-2,7-10H2,3-4H3. The second-order valence-electron chi connectivity index (χ2n) is 3.44. The Morgan fingerprint density at radius 1 is 1.44 bits per heavy atom. The zero-order chi connectivity index (χ0) is 12.4. The summed E-state index contributed by atoms with van der Waals surface area (Å²) in [5.41, 5.74) is 0.713. The van der Waals surface area contributed by atoms with Gasteiger partial charge in [-0.2, -0.15) is 5.26 Å². The number of nitriles is 1. The average molecular weight is 219 g/mol. The lowest BCUT2D eigenvalue weighted by Crippen LogP contribution is -2.27. The van der Waals surface area contributed by atoms with Crippen LogP contribution in [0.15, 0.2) is 30.4 Å². The Labute approximate surface area is 98.8 Å². The summed E-state index contributed by atoms with van der Waals surface area (Å²) in [7, 11) is 0. The zero-order valence-electron chi connectivity index (χ0n) is 10.3. The van der Waals surface area contributed by atoms with E-state index in [2.05, 4.69) is 43.0 Å². The minimum Gasteiger partial charge on any atom is -0.304 e. The summed E-state index contributed by atoms with van der Waals surface area (Å²) in [5, 5.41) is 9.08. The lowest BCUT2D eigenvalue weighted by atomic mass is 10.0. The van der Waals surface area contributed by atoms with Crippen molar-refractivity contribution in [2.75, 3.05) is 19.6 Å². The summed E-state index contributed by atoms with van der Waals surface area (Å²) in [6, 6.07) is 2.26. The smallest absolute Gasteiger partial charge is 0.0896 e. The van der Waals surface area contributed by atoms with Gasteiger partial charge in [-0.15, -0.1) is 0 Å². The van der Waals surface area contributed by atoms with Crippen molar-refractivity contribution in [1.82, 2.24) is 4.90 Å². The molecule has 16 heavy (non-hydrogen) atoms. The van der Waals surface area contributed by atoms with Crippen LogP contribution in [0.5, 0.6) is 0 Å². The molecule has 3 heteroatoms. The third-order valence-corrected chi connectivity index (χ3v) is 2.59. The lowest BCUT2D eigenvalue weighted by Gasteiger charge is -2.19. The zero-order valence-corrected chi connectivity index (χ0v) is 10.3. The minimum absolute atomic E-state index is 0.184. The maximum atomic E-state index is 9.08. The first kappa shape index (κ1) is 14.6. The molecule has 0 spiro atoms. The van der Waals surface area contributed by atoms with Gasteiger partial charge in [0.05, 0.1) is 17.7 Å². The molecule has 0 aliphatic heterocycles. The molecule has 0 aromatic heterocycles. The molecule has 0 fully saturated rings. The molecule has 0 amide bonds. The van der Waals surface area contributed by atoms with E-state index in [-0.39, 0.29) is 5.92 Å². The van der Waals surface area contributed by atoms with Crippen molar-refractivity contribution in [3.63, 3.8) is 0 Å². The van der Waals surface area contributed by atoms with Crippen molar-refractivity contribution in [1.29, 1.82) is 5.26 Å². The summed E-state index contributed by atoms with van der Waals surface area (Å²) < 4.78 is 0. The molecule has 0 N–H and O–H groups in total. The highest BCUT2D eigenvalue weighted by atomic mass is 15.1. The molecule has 0 aliphatic rings.